The van der Waals surface area contributed by atoms with E-state index >= 15 is 0 Å². The molecule has 1 aliphatic heterocycles. The molecule has 0 spiro atoms. The molecule has 3 rings (SSSR count). The molecule has 0 bridgehead atoms. The minimum Gasteiger partial charge on any atom is -0.497 e. The Kier molecular flexibility index (Phi) is 4.52. The molecule has 0 aromatic heterocycles. The zero-order valence-corrected chi connectivity index (χ0v) is 13.9. The Morgan fingerprint density at radius 2 is 1.72 bits per heavy atom. The van der Waals surface area contributed by atoms with E-state index in [0.717, 1.165) is 0 Å². The second kappa shape index (κ2) is 6.76. The monoisotopic (exact) mass is 339 g/mol. The fraction of sp³-hybridized carbons (Fsp3) is 0.211. The number of ether oxygens (including phenoxy) is 2. The fourth-order valence-corrected chi connectivity index (χ4v) is 2.70. The number of carbonyl (C=O) groups excluding carboxylic acids is 3. The minimum absolute atomic E-state index is 0.214. The van der Waals surface area contributed by atoms with E-state index in [4.69, 9.17) is 9.47 Å². The molecule has 6 heteroatoms. The lowest BCUT2D eigenvalue weighted by molar-refractivity contribution is -0.121. The van der Waals surface area contributed by atoms with Crippen molar-refractivity contribution in [2.24, 2.45) is 0 Å². The molecule has 0 unspecified atom stereocenters. The molecule has 0 atom stereocenters. The van der Waals surface area contributed by atoms with Gasteiger partial charge < -0.3 is 9.47 Å². The lowest BCUT2D eigenvalue weighted by atomic mass is 10.1. The zero-order valence-electron chi connectivity index (χ0n) is 13.9. The predicted octanol–water partition coefficient (Wildman–Crippen LogP) is 2.88. The Morgan fingerprint density at radius 1 is 1.00 bits per heavy atom. The predicted molar refractivity (Wildman–Crippen MR) is 90.9 cm³/mol. The lowest BCUT2D eigenvalue weighted by Gasteiger charge is -2.17. The molecule has 0 N–H and O–H groups in total. The highest BCUT2D eigenvalue weighted by atomic mass is 16.5. The number of amides is 2. The van der Waals surface area contributed by atoms with Crippen LogP contribution < -0.4 is 14.4 Å². The summed E-state index contributed by atoms with van der Waals surface area (Å²) in [5, 5.41) is 0. The smallest absolute Gasteiger partial charge is 0.343 e. The van der Waals surface area contributed by atoms with E-state index in [1.54, 1.807) is 49.4 Å². The average molecular weight is 339 g/mol. The quantitative estimate of drug-likeness (QED) is 0.486. The summed E-state index contributed by atoms with van der Waals surface area (Å²) in [6, 6.07) is 11.5. The summed E-state index contributed by atoms with van der Waals surface area (Å²) >= 11 is 0. The lowest BCUT2D eigenvalue weighted by Crippen LogP contribution is -2.29. The summed E-state index contributed by atoms with van der Waals surface area (Å²) in [6.07, 6.45) is 0.454. The molecular formula is C19H17NO5. The second-order valence-electron chi connectivity index (χ2n) is 5.69. The molecule has 0 radical (unpaired) electrons. The number of methoxy groups -OCH3 is 1. The Hall–Kier alpha value is -3.15. The van der Waals surface area contributed by atoms with Crippen molar-refractivity contribution in [3.05, 3.63) is 53.6 Å². The molecule has 6 nitrogen and oxygen atoms in total. The van der Waals surface area contributed by atoms with E-state index in [-0.39, 0.29) is 24.7 Å². The molecule has 1 fully saturated rings. The van der Waals surface area contributed by atoms with Gasteiger partial charge in [-0.25, -0.2) is 4.79 Å². The van der Waals surface area contributed by atoms with E-state index in [9.17, 15) is 14.4 Å². The van der Waals surface area contributed by atoms with Crippen molar-refractivity contribution in [3.63, 3.8) is 0 Å². The minimum atomic E-state index is -0.514. The second-order valence-corrected chi connectivity index (χ2v) is 5.69. The SMILES string of the molecule is COc1cccc(C(=O)Oc2ccc(N3C(=O)CCC3=O)c(C)c2)c1. The normalized spacial score (nSPS) is 13.9. The van der Waals surface area contributed by atoms with Crippen LogP contribution in [0.1, 0.15) is 28.8 Å². The maximum Gasteiger partial charge on any atom is 0.343 e. The number of hydrogen-bond donors (Lipinski definition) is 0. The largest absolute Gasteiger partial charge is 0.497 e. The van der Waals surface area contributed by atoms with E-state index < -0.39 is 5.97 Å². The van der Waals surface area contributed by atoms with Crippen molar-refractivity contribution in [1.82, 2.24) is 0 Å². The van der Waals surface area contributed by atoms with Crippen molar-refractivity contribution in [2.45, 2.75) is 19.8 Å². The highest BCUT2D eigenvalue weighted by Gasteiger charge is 2.31. The summed E-state index contributed by atoms with van der Waals surface area (Å²) in [6.45, 7) is 1.76. The first-order valence-corrected chi connectivity index (χ1v) is 7.82. The van der Waals surface area contributed by atoms with Gasteiger partial charge in [-0.05, 0) is 48.9 Å². The van der Waals surface area contributed by atoms with Gasteiger partial charge in [-0.2, -0.15) is 0 Å². The summed E-state index contributed by atoms with van der Waals surface area (Å²) in [4.78, 5) is 37.1. The van der Waals surface area contributed by atoms with E-state index in [1.165, 1.54) is 12.0 Å². The molecule has 2 aromatic carbocycles. The van der Waals surface area contributed by atoms with Crippen LogP contribution in [0.4, 0.5) is 5.69 Å². The highest BCUT2D eigenvalue weighted by molar-refractivity contribution is 6.20. The highest BCUT2D eigenvalue weighted by Crippen LogP contribution is 2.29. The molecule has 2 aromatic rings. The number of aryl methyl sites for hydroxylation is 1. The van der Waals surface area contributed by atoms with Crippen molar-refractivity contribution in [1.29, 1.82) is 0 Å². The number of imide groups is 1. The fourth-order valence-electron chi connectivity index (χ4n) is 2.70. The molecule has 2 amide bonds. The number of hydrogen-bond acceptors (Lipinski definition) is 5. The topological polar surface area (TPSA) is 72.9 Å². The third-order valence-corrected chi connectivity index (χ3v) is 3.98. The van der Waals surface area contributed by atoms with Gasteiger partial charge in [-0.15, -0.1) is 0 Å². The van der Waals surface area contributed by atoms with Gasteiger partial charge >= 0.3 is 5.97 Å². The summed E-state index contributed by atoms with van der Waals surface area (Å²) in [5.41, 5.74) is 1.57. The molecule has 1 saturated heterocycles. The molecule has 0 aliphatic carbocycles. The van der Waals surface area contributed by atoms with Crippen LogP contribution in [0.25, 0.3) is 0 Å². The number of esters is 1. The molecule has 1 aliphatic rings. The van der Waals surface area contributed by atoms with Gasteiger partial charge in [0, 0.05) is 12.8 Å². The van der Waals surface area contributed by atoms with Crippen LogP contribution in [0.15, 0.2) is 42.5 Å². The van der Waals surface area contributed by atoms with Crippen molar-refractivity contribution in [2.75, 3.05) is 12.0 Å². The molecular weight excluding hydrogens is 322 g/mol. The Morgan fingerprint density at radius 3 is 2.36 bits per heavy atom. The van der Waals surface area contributed by atoms with Crippen molar-refractivity contribution >= 4 is 23.5 Å². The van der Waals surface area contributed by atoms with Crippen molar-refractivity contribution < 1.29 is 23.9 Å². The van der Waals surface area contributed by atoms with Crippen LogP contribution in [0.2, 0.25) is 0 Å². The van der Waals surface area contributed by atoms with E-state index in [1.807, 2.05) is 0 Å². The first-order valence-electron chi connectivity index (χ1n) is 7.82. The average Bonchev–Trinajstić information content (AvgIpc) is 2.94. The number of carbonyl (C=O) groups is 3. The molecule has 25 heavy (non-hydrogen) atoms. The molecule has 0 saturated carbocycles. The Labute approximate surface area is 145 Å². The van der Waals surface area contributed by atoms with E-state index in [0.29, 0.717) is 28.3 Å². The first-order chi connectivity index (χ1) is 12.0. The molecule has 1 heterocycles. The van der Waals surface area contributed by atoms with Gasteiger partial charge in [0.05, 0.1) is 18.4 Å². The van der Waals surface area contributed by atoms with Gasteiger partial charge in [-0.1, -0.05) is 6.07 Å². The number of benzene rings is 2. The maximum absolute atomic E-state index is 12.2. The van der Waals surface area contributed by atoms with Crippen LogP contribution in [-0.2, 0) is 9.59 Å². The van der Waals surface area contributed by atoms with Crippen molar-refractivity contribution in [3.8, 4) is 11.5 Å². The number of nitrogens with zero attached hydrogens (tertiary/aromatic N) is 1. The summed E-state index contributed by atoms with van der Waals surface area (Å²) in [7, 11) is 1.52. The summed E-state index contributed by atoms with van der Waals surface area (Å²) in [5.74, 6) is -0.0389. The van der Waals surface area contributed by atoms with Gasteiger partial charge in [0.2, 0.25) is 11.8 Å². The van der Waals surface area contributed by atoms with Gasteiger partial charge in [0.25, 0.3) is 0 Å². The Balaban J connectivity index is 1.80. The molecule has 128 valence electrons. The standard InChI is InChI=1S/C19H17NO5/c1-12-10-15(6-7-16(12)20-17(21)8-9-18(20)22)25-19(23)13-4-3-5-14(11-13)24-2/h3-7,10-11H,8-9H2,1-2H3. The van der Waals surface area contributed by atoms with Gasteiger partial charge in [0.15, 0.2) is 0 Å². The van der Waals surface area contributed by atoms with Gasteiger partial charge in [0.1, 0.15) is 11.5 Å². The number of anilines is 1. The zero-order chi connectivity index (χ0) is 18.0. The number of rotatable bonds is 4. The van der Waals surface area contributed by atoms with Gasteiger partial charge in [-0.3, -0.25) is 14.5 Å². The first kappa shape index (κ1) is 16.7. The van der Waals surface area contributed by atoms with E-state index in [2.05, 4.69) is 0 Å². The Bertz CT molecular complexity index is 843. The van der Waals surface area contributed by atoms with Crippen LogP contribution in [0.5, 0.6) is 11.5 Å². The summed E-state index contributed by atoms with van der Waals surface area (Å²) < 4.78 is 10.5. The third-order valence-electron chi connectivity index (χ3n) is 3.98. The van der Waals surface area contributed by atoms with Crippen LogP contribution in [0, 0.1) is 6.92 Å². The van der Waals surface area contributed by atoms with Crippen LogP contribution in [0.3, 0.4) is 0 Å². The maximum atomic E-state index is 12.2. The van der Waals surface area contributed by atoms with Crippen LogP contribution >= 0.6 is 0 Å². The van der Waals surface area contributed by atoms with Crippen LogP contribution in [-0.4, -0.2) is 24.9 Å². The third kappa shape index (κ3) is 3.38.